The van der Waals surface area contributed by atoms with Crippen LogP contribution in [0.4, 0.5) is 11.8 Å². The summed E-state index contributed by atoms with van der Waals surface area (Å²) >= 11 is 0. The summed E-state index contributed by atoms with van der Waals surface area (Å²) in [5.41, 5.74) is 8.90. The van der Waals surface area contributed by atoms with Gasteiger partial charge in [-0.25, -0.2) is 14.8 Å². The molecule has 0 spiro atoms. The third-order valence-electron chi connectivity index (χ3n) is 5.81. The van der Waals surface area contributed by atoms with Crippen molar-refractivity contribution in [1.82, 2.24) is 29.9 Å². The number of hydrogen-bond donors (Lipinski definition) is 2. The number of aromatic nitrogens is 6. The van der Waals surface area contributed by atoms with Gasteiger partial charge in [0, 0.05) is 31.0 Å². The number of methoxy groups -OCH3 is 1. The molecule has 0 saturated carbocycles. The van der Waals surface area contributed by atoms with Crippen molar-refractivity contribution in [2.75, 3.05) is 30.8 Å². The molecule has 5 rings (SSSR count). The van der Waals surface area contributed by atoms with E-state index < -0.39 is 5.97 Å². The van der Waals surface area contributed by atoms with Crippen LogP contribution in [0.15, 0.2) is 42.7 Å². The van der Waals surface area contributed by atoms with Crippen LogP contribution in [0.3, 0.4) is 0 Å². The number of rotatable bonds is 4. The lowest BCUT2D eigenvalue weighted by molar-refractivity contribution is 0.0599. The van der Waals surface area contributed by atoms with E-state index in [0.29, 0.717) is 47.2 Å². The zero-order valence-electron chi connectivity index (χ0n) is 17.9. The van der Waals surface area contributed by atoms with E-state index in [1.807, 2.05) is 16.8 Å². The van der Waals surface area contributed by atoms with Crippen molar-refractivity contribution >= 4 is 28.8 Å². The second-order valence-corrected chi connectivity index (χ2v) is 7.79. The molecule has 1 fully saturated rings. The molecule has 3 aromatic heterocycles. The van der Waals surface area contributed by atoms with Gasteiger partial charge in [-0.05, 0) is 31.0 Å². The van der Waals surface area contributed by atoms with E-state index in [9.17, 15) is 9.90 Å². The number of para-hydroxylation sites is 1. The Kier molecular flexibility index (Phi) is 5.21. The van der Waals surface area contributed by atoms with Crippen LogP contribution in [0, 0.1) is 0 Å². The van der Waals surface area contributed by atoms with E-state index in [1.165, 1.54) is 19.5 Å². The first-order valence-electron chi connectivity index (χ1n) is 10.5. The smallest absolute Gasteiger partial charge is 0.341 e. The van der Waals surface area contributed by atoms with Crippen molar-refractivity contribution in [1.29, 1.82) is 0 Å². The maximum Gasteiger partial charge on any atom is 0.341 e. The van der Waals surface area contributed by atoms with Gasteiger partial charge in [0.1, 0.15) is 5.75 Å². The van der Waals surface area contributed by atoms with Gasteiger partial charge in [0.25, 0.3) is 0 Å². The molecule has 1 aliphatic heterocycles. The van der Waals surface area contributed by atoms with Crippen LogP contribution in [0.25, 0.3) is 22.3 Å². The zero-order chi connectivity index (χ0) is 22.9. The van der Waals surface area contributed by atoms with Crippen LogP contribution in [0.1, 0.15) is 29.2 Å². The Morgan fingerprint density at radius 2 is 1.88 bits per heavy atom. The van der Waals surface area contributed by atoms with Gasteiger partial charge in [-0.1, -0.05) is 12.1 Å². The molecule has 1 aliphatic rings. The lowest BCUT2D eigenvalue weighted by atomic mass is 10.1. The summed E-state index contributed by atoms with van der Waals surface area (Å²) in [5, 5.41) is 23.2. The van der Waals surface area contributed by atoms with E-state index in [4.69, 9.17) is 5.73 Å². The van der Waals surface area contributed by atoms with Crippen LogP contribution >= 0.6 is 0 Å². The fraction of sp³-hybridized carbons (Fsp3) is 0.273. The summed E-state index contributed by atoms with van der Waals surface area (Å²) in [6.45, 7) is 1.43. The van der Waals surface area contributed by atoms with Gasteiger partial charge in [-0.3, -0.25) is 4.68 Å². The quantitative estimate of drug-likeness (QED) is 0.447. The Labute approximate surface area is 188 Å². The second-order valence-electron chi connectivity index (χ2n) is 7.79. The Balaban J connectivity index is 1.38. The number of carbonyl (C=O) groups is 1. The molecule has 0 amide bonds. The average Bonchev–Trinajstić information content (AvgIpc) is 3.19. The molecule has 168 valence electrons. The number of nitrogens with zero attached hydrogens (tertiary/aromatic N) is 7. The summed E-state index contributed by atoms with van der Waals surface area (Å²) in [4.78, 5) is 22.3. The fourth-order valence-corrected chi connectivity index (χ4v) is 4.07. The molecule has 11 nitrogen and oxygen atoms in total. The highest BCUT2D eigenvalue weighted by Gasteiger charge is 2.26. The van der Waals surface area contributed by atoms with Crippen molar-refractivity contribution in [2.24, 2.45) is 0 Å². The number of anilines is 2. The molecule has 0 bridgehead atoms. The molecule has 0 aliphatic carbocycles. The SMILES string of the molecule is COC(=O)c1cnc(N2CCC(n3nc(N)c4nnc(-c5ccccc5O)cc43)CC2)nc1. The van der Waals surface area contributed by atoms with E-state index in [0.717, 1.165) is 18.4 Å². The molecule has 1 saturated heterocycles. The maximum atomic E-state index is 11.6. The highest BCUT2D eigenvalue weighted by molar-refractivity contribution is 5.89. The van der Waals surface area contributed by atoms with Crippen molar-refractivity contribution in [3.05, 3.63) is 48.3 Å². The lowest BCUT2D eigenvalue weighted by Gasteiger charge is -2.32. The van der Waals surface area contributed by atoms with E-state index in [1.54, 1.807) is 18.2 Å². The van der Waals surface area contributed by atoms with E-state index in [-0.39, 0.29) is 11.8 Å². The minimum absolute atomic E-state index is 0.108. The number of aromatic hydroxyl groups is 1. The van der Waals surface area contributed by atoms with Crippen molar-refractivity contribution in [3.63, 3.8) is 0 Å². The Morgan fingerprint density at radius 3 is 2.58 bits per heavy atom. The largest absolute Gasteiger partial charge is 0.507 e. The zero-order valence-corrected chi connectivity index (χ0v) is 17.9. The Hall–Kier alpha value is -4.28. The third-order valence-corrected chi connectivity index (χ3v) is 5.81. The molecule has 4 heterocycles. The Morgan fingerprint density at radius 1 is 1.15 bits per heavy atom. The first kappa shape index (κ1) is 20.6. The van der Waals surface area contributed by atoms with Gasteiger partial charge in [0.2, 0.25) is 5.95 Å². The molecular formula is C22H22N8O3. The number of esters is 1. The van der Waals surface area contributed by atoms with Gasteiger partial charge in [0.15, 0.2) is 11.3 Å². The summed E-state index contributed by atoms with van der Waals surface area (Å²) in [5.74, 6) is 0.565. The monoisotopic (exact) mass is 446 g/mol. The number of carbonyl (C=O) groups excluding carboxylic acids is 1. The highest BCUT2D eigenvalue weighted by Crippen LogP contribution is 2.32. The highest BCUT2D eigenvalue weighted by atomic mass is 16.5. The minimum atomic E-state index is -0.463. The van der Waals surface area contributed by atoms with Crippen LogP contribution in [-0.2, 0) is 4.74 Å². The second kappa shape index (κ2) is 8.34. The van der Waals surface area contributed by atoms with Crippen LogP contribution < -0.4 is 10.6 Å². The van der Waals surface area contributed by atoms with Crippen LogP contribution in [0.2, 0.25) is 0 Å². The molecular weight excluding hydrogens is 424 g/mol. The molecule has 11 heteroatoms. The summed E-state index contributed by atoms with van der Waals surface area (Å²) in [6, 6.07) is 8.97. The summed E-state index contributed by atoms with van der Waals surface area (Å²) in [6.07, 6.45) is 4.54. The van der Waals surface area contributed by atoms with Gasteiger partial charge in [-0.2, -0.15) is 5.10 Å². The standard InChI is InChI=1S/C22H22N8O3/c1-33-21(32)13-11-24-22(25-12-13)29-8-6-14(7-9-29)30-17-10-16(15-4-2-3-5-18(15)31)26-27-19(17)20(23)28-30/h2-5,10-12,14,31H,6-9H2,1H3,(H2,23,28). The van der Waals surface area contributed by atoms with Gasteiger partial charge < -0.3 is 20.5 Å². The van der Waals surface area contributed by atoms with Crippen LogP contribution in [0.5, 0.6) is 5.75 Å². The number of benzene rings is 1. The van der Waals surface area contributed by atoms with Gasteiger partial charge in [-0.15, -0.1) is 10.2 Å². The number of ether oxygens (including phenoxy) is 1. The van der Waals surface area contributed by atoms with E-state index in [2.05, 4.69) is 34.9 Å². The molecule has 0 atom stereocenters. The number of phenolic OH excluding ortho intramolecular Hbond substituents is 1. The van der Waals surface area contributed by atoms with Crippen molar-refractivity contribution < 1.29 is 14.6 Å². The number of hydrogen-bond acceptors (Lipinski definition) is 10. The predicted octanol–water partition coefficient (Wildman–Crippen LogP) is 2.20. The first-order valence-corrected chi connectivity index (χ1v) is 10.5. The first-order chi connectivity index (χ1) is 16.0. The molecule has 0 unspecified atom stereocenters. The third kappa shape index (κ3) is 3.77. The van der Waals surface area contributed by atoms with Crippen molar-refractivity contribution in [3.8, 4) is 17.0 Å². The number of piperidine rings is 1. The maximum absolute atomic E-state index is 11.6. The average molecular weight is 446 g/mol. The molecule has 3 N–H and O–H groups in total. The Bertz CT molecular complexity index is 1310. The number of phenols is 1. The van der Waals surface area contributed by atoms with Gasteiger partial charge >= 0.3 is 5.97 Å². The van der Waals surface area contributed by atoms with E-state index >= 15 is 0 Å². The van der Waals surface area contributed by atoms with Gasteiger partial charge in [0.05, 0.1) is 29.9 Å². The number of nitrogen functional groups attached to an aromatic ring is 1. The molecule has 4 aromatic rings. The summed E-state index contributed by atoms with van der Waals surface area (Å²) in [7, 11) is 1.32. The number of fused-ring (bicyclic) bond motifs is 1. The lowest BCUT2D eigenvalue weighted by Crippen LogP contribution is -2.36. The summed E-state index contributed by atoms with van der Waals surface area (Å²) < 4.78 is 6.59. The number of nitrogens with two attached hydrogens (primary N) is 1. The molecule has 1 aromatic carbocycles. The predicted molar refractivity (Wildman–Crippen MR) is 121 cm³/mol. The van der Waals surface area contributed by atoms with Crippen molar-refractivity contribution in [2.45, 2.75) is 18.9 Å². The molecule has 33 heavy (non-hydrogen) atoms. The fourth-order valence-electron chi connectivity index (χ4n) is 4.07. The topological polar surface area (TPSA) is 145 Å². The van der Waals surface area contributed by atoms with Crippen LogP contribution in [-0.4, -0.2) is 61.2 Å². The molecule has 0 radical (unpaired) electrons. The minimum Gasteiger partial charge on any atom is -0.507 e. The normalized spacial score (nSPS) is 14.5.